The number of amides is 2. The lowest BCUT2D eigenvalue weighted by Gasteiger charge is -2.10. The summed E-state index contributed by atoms with van der Waals surface area (Å²) in [6.45, 7) is 0. The van der Waals surface area contributed by atoms with Crippen molar-refractivity contribution in [3.63, 3.8) is 0 Å². The van der Waals surface area contributed by atoms with Gasteiger partial charge in [0, 0.05) is 22.1 Å². The summed E-state index contributed by atoms with van der Waals surface area (Å²) in [5, 5.41) is 0.528. The van der Waals surface area contributed by atoms with Gasteiger partial charge in [0.2, 0.25) is 5.91 Å². The average Bonchev–Trinajstić information content (AvgIpc) is 3.44. The molecule has 3 rings (SSSR count). The zero-order valence-electron chi connectivity index (χ0n) is 12.7. The molecule has 0 bridgehead atoms. The summed E-state index contributed by atoms with van der Waals surface area (Å²) < 4.78 is 0. The van der Waals surface area contributed by atoms with Crippen LogP contribution in [0.5, 0.6) is 0 Å². The standard InChI is InChI=1S/C18H15ClN2O3/c19-13-9-7-11(8-10-13)16(22)14-3-1-2-4-15(14)18(24)21-20-17(23)12-5-6-12/h1-4,7-10,12H,5-6H2,(H,20,23)(H,21,24). The highest BCUT2D eigenvalue weighted by atomic mass is 35.5. The fourth-order valence-corrected chi connectivity index (χ4v) is 2.40. The van der Waals surface area contributed by atoms with Crippen molar-refractivity contribution in [3.8, 4) is 0 Å². The van der Waals surface area contributed by atoms with Gasteiger partial charge in [0.15, 0.2) is 5.78 Å². The van der Waals surface area contributed by atoms with Crippen molar-refractivity contribution < 1.29 is 14.4 Å². The molecular weight excluding hydrogens is 328 g/mol. The summed E-state index contributed by atoms with van der Waals surface area (Å²) in [6.07, 6.45) is 1.68. The van der Waals surface area contributed by atoms with Crippen molar-refractivity contribution in [2.24, 2.45) is 5.92 Å². The van der Waals surface area contributed by atoms with Gasteiger partial charge in [-0.2, -0.15) is 0 Å². The van der Waals surface area contributed by atoms with E-state index in [1.54, 1.807) is 48.5 Å². The van der Waals surface area contributed by atoms with Gasteiger partial charge >= 0.3 is 0 Å². The van der Waals surface area contributed by atoms with E-state index in [0.29, 0.717) is 10.6 Å². The molecule has 0 spiro atoms. The third kappa shape index (κ3) is 3.63. The van der Waals surface area contributed by atoms with Crippen molar-refractivity contribution in [2.45, 2.75) is 12.8 Å². The lowest BCUT2D eigenvalue weighted by molar-refractivity contribution is -0.123. The Kier molecular flexibility index (Phi) is 4.62. The molecule has 0 aromatic heterocycles. The third-order valence-corrected chi connectivity index (χ3v) is 4.02. The van der Waals surface area contributed by atoms with Crippen LogP contribution in [0.3, 0.4) is 0 Å². The van der Waals surface area contributed by atoms with E-state index in [0.717, 1.165) is 12.8 Å². The van der Waals surface area contributed by atoms with Gasteiger partial charge in [-0.1, -0.05) is 29.8 Å². The van der Waals surface area contributed by atoms with Crippen molar-refractivity contribution >= 4 is 29.2 Å². The molecule has 2 aromatic carbocycles. The number of nitrogens with one attached hydrogen (secondary N) is 2. The fraction of sp³-hybridized carbons (Fsp3) is 0.167. The number of hydrogen-bond acceptors (Lipinski definition) is 3. The van der Waals surface area contributed by atoms with E-state index in [1.165, 1.54) is 0 Å². The monoisotopic (exact) mass is 342 g/mol. The van der Waals surface area contributed by atoms with Gasteiger partial charge in [-0.3, -0.25) is 25.2 Å². The van der Waals surface area contributed by atoms with Gasteiger partial charge in [-0.15, -0.1) is 0 Å². The third-order valence-electron chi connectivity index (χ3n) is 3.77. The highest BCUT2D eigenvalue weighted by Gasteiger charge is 2.30. The van der Waals surface area contributed by atoms with Gasteiger partial charge in [-0.25, -0.2) is 0 Å². The molecule has 2 aromatic rings. The van der Waals surface area contributed by atoms with Crippen LogP contribution in [0.4, 0.5) is 0 Å². The molecule has 0 unspecified atom stereocenters. The number of benzene rings is 2. The first-order valence-corrected chi connectivity index (χ1v) is 7.93. The largest absolute Gasteiger partial charge is 0.289 e. The predicted octanol–water partition coefficient (Wildman–Crippen LogP) is 2.74. The second kappa shape index (κ2) is 6.84. The molecule has 0 atom stereocenters. The first-order valence-electron chi connectivity index (χ1n) is 7.56. The molecule has 122 valence electrons. The molecule has 1 saturated carbocycles. The highest BCUT2D eigenvalue weighted by Crippen LogP contribution is 2.28. The minimum atomic E-state index is -0.526. The van der Waals surface area contributed by atoms with Crippen molar-refractivity contribution in [1.29, 1.82) is 0 Å². The molecule has 5 nitrogen and oxygen atoms in total. The second-order valence-electron chi connectivity index (χ2n) is 5.60. The Hall–Kier alpha value is -2.66. The normalized spacial score (nSPS) is 13.2. The van der Waals surface area contributed by atoms with Crippen molar-refractivity contribution in [2.75, 3.05) is 0 Å². The van der Waals surface area contributed by atoms with Crippen LogP contribution in [-0.2, 0) is 4.79 Å². The Balaban J connectivity index is 1.78. The molecule has 2 N–H and O–H groups in total. The van der Waals surface area contributed by atoms with Crippen LogP contribution in [0.25, 0.3) is 0 Å². The number of carbonyl (C=O) groups is 3. The highest BCUT2D eigenvalue weighted by molar-refractivity contribution is 6.30. The van der Waals surface area contributed by atoms with Gasteiger partial charge in [0.1, 0.15) is 0 Å². The zero-order valence-corrected chi connectivity index (χ0v) is 13.5. The predicted molar refractivity (Wildman–Crippen MR) is 89.7 cm³/mol. The quantitative estimate of drug-likeness (QED) is 0.662. The second-order valence-corrected chi connectivity index (χ2v) is 6.04. The minimum Gasteiger partial charge on any atom is -0.289 e. The maximum Gasteiger partial charge on any atom is 0.270 e. The number of hydrazine groups is 1. The Morgan fingerprint density at radius 2 is 1.50 bits per heavy atom. The molecule has 0 radical (unpaired) electrons. The maximum absolute atomic E-state index is 12.6. The molecule has 1 fully saturated rings. The van der Waals surface area contributed by atoms with E-state index < -0.39 is 5.91 Å². The number of carbonyl (C=O) groups excluding carboxylic acids is 3. The van der Waals surface area contributed by atoms with Crippen LogP contribution in [0.2, 0.25) is 5.02 Å². The Labute approximate surface area is 144 Å². The van der Waals surface area contributed by atoms with Gasteiger partial charge in [0.05, 0.1) is 5.56 Å². The molecule has 24 heavy (non-hydrogen) atoms. The minimum absolute atomic E-state index is 0.0174. The van der Waals surface area contributed by atoms with Gasteiger partial charge < -0.3 is 0 Å². The first-order chi connectivity index (χ1) is 11.6. The molecular formula is C18H15ClN2O3. The molecule has 0 saturated heterocycles. The molecule has 6 heteroatoms. The summed E-state index contributed by atoms with van der Waals surface area (Å²) in [6, 6.07) is 12.9. The van der Waals surface area contributed by atoms with Crippen LogP contribution in [0.15, 0.2) is 48.5 Å². The first kappa shape index (κ1) is 16.2. The number of halogens is 1. The fourth-order valence-electron chi connectivity index (χ4n) is 2.27. The summed E-state index contributed by atoms with van der Waals surface area (Å²) in [5.74, 6) is -1.03. The van der Waals surface area contributed by atoms with Crippen LogP contribution >= 0.6 is 11.6 Å². The molecule has 1 aliphatic rings. The topological polar surface area (TPSA) is 75.3 Å². The maximum atomic E-state index is 12.6. The van der Waals surface area contributed by atoms with E-state index in [-0.39, 0.29) is 28.7 Å². The van der Waals surface area contributed by atoms with Crippen LogP contribution in [-0.4, -0.2) is 17.6 Å². The van der Waals surface area contributed by atoms with E-state index in [1.807, 2.05) is 0 Å². The van der Waals surface area contributed by atoms with Gasteiger partial charge in [-0.05, 0) is 43.2 Å². The smallest absolute Gasteiger partial charge is 0.270 e. The van der Waals surface area contributed by atoms with E-state index >= 15 is 0 Å². The average molecular weight is 343 g/mol. The number of rotatable bonds is 4. The van der Waals surface area contributed by atoms with E-state index in [9.17, 15) is 14.4 Å². The van der Waals surface area contributed by atoms with E-state index in [4.69, 9.17) is 11.6 Å². The summed E-state index contributed by atoms with van der Waals surface area (Å²) in [7, 11) is 0. The summed E-state index contributed by atoms with van der Waals surface area (Å²) in [4.78, 5) is 36.5. The summed E-state index contributed by atoms with van der Waals surface area (Å²) in [5.41, 5.74) is 5.65. The lowest BCUT2D eigenvalue weighted by atomic mass is 9.98. The van der Waals surface area contributed by atoms with Crippen molar-refractivity contribution in [1.82, 2.24) is 10.9 Å². The lowest BCUT2D eigenvalue weighted by Crippen LogP contribution is -2.42. The van der Waals surface area contributed by atoms with Crippen molar-refractivity contribution in [3.05, 3.63) is 70.2 Å². The number of ketones is 1. The molecule has 0 heterocycles. The number of hydrogen-bond donors (Lipinski definition) is 2. The van der Waals surface area contributed by atoms with Crippen LogP contribution in [0, 0.1) is 5.92 Å². The zero-order chi connectivity index (χ0) is 17.1. The van der Waals surface area contributed by atoms with E-state index in [2.05, 4.69) is 10.9 Å². The Morgan fingerprint density at radius 1 is 0.875 bits per heavy atom. The van der Waals surface area contributed by atoms with Gasteiger partial charge in [0.25, 0.3) is 5.91 Å². The molecule has 1 aliphatic carbocycles. The Bertz CT molecular complexity index is 798. The van der Waals surface area contributed by atoms with Crippen LogP contribution < -0.4 is 10.9 Å². The Morgan fingerprint density at radius 3 is 2.12 bits per heavy atom. The summed E-state index contributed by atoms with van der Waals surface area (Å²) >= 11 is 5.83. The van der Waals surface area contributed by atoms with Crippen LogP contribution in [0.1, 0.15) is 39.1 Å². The SMILES string of the molecule is O=C(NNC(=O)C1CC1)c1ccccc1C(=O)c1ccc(Cl)cc1. The molecule has 2 amide bonds. The molecule has 0 aliphatic heterocycles.